The molecule has 1 spiro atoms. The van der Waals surface area contributed by atoms with Gasteiger partial charge in [-0.05, 0) is 78.9 Å². The summed E-state index contributed by atoms with van der Waals surface area (Å²) in [5.74, 6) is 0.853. The van der Waals surface area contributed by atoms with Crippen molar-refractivity contribution in [3.8, 4) is 0 Å². The van der Waals surface area contributed by atoms with Crippen LogP contribution < -0.4 is 10.2 Å². The fourth-order valence-electron chi connectivity index (χ4n) is 7.59. The monoisotopic (exact) mass is 816 g/mol. The van der Waals surface area contributed by atoms with Gasteiger partial charge < -0.3 is 28.9 Å². The quantitative estimate of drug-likeness (QED) is 0.122. The van der Waals surface area contributed by atoms with E-state index in [4.69, 9.17) is 33.7 Å². The lowest BCUT2D eigenvalue weighted by Crippen LogP contribution is -2.53. The summed E-state index contributed by atoms with van der Waals surface area (Å²) < 4.78 is 27.5. The van der Waals surface area contributed by atoms with Gasteiger partial charge >= 0.3 is 6.09 Å². The molecular weight excluding hydrogens is 755 g/mol. The van der Waals surface area contributed by atoms with Crippen LogP contribution in [0.15, 0.2) is 0 Å². The number of nitrogens with one attached hydrogen (secondary N) is 1. The van der Waals surface area contributed by atoms with Crippen molar-refractivity contribution in [1.29, 1.82) is 0 Å². The van der Waals surface area contributed by atoms with E-state index in [1.165, 1.54) is 0 Å². The first-order chi connectivity index (χ1) is 22.3. The second-order valence-corrected chi connectivity index (χ2v) is 29.1. The van der Waals surface area contributed by atoms with Gasteiger partial charge in [0.1, 0.15) is 23.5 Å². The normalized spacial score (nSPS) is 19.0. The van der Waals surface area contributed by atoms with Crippen molar-refractivity contribution in [3.05, 3.63) is 9.39 Å². The third-order valence-electron chi connectivity index (χ3n) is 10.1. The topological polar surface area (TPSA) is 113 Å². The summed E-state index contributed by atoms with van der Waals surface area (Å²) in [5, 5.41) is 7.94. The van der Waals surface area contributed by atoms with Crippen molar-refractivity contribution in [2.75, 3.05) is 37.8 Å². The van der Waals surface area contributed by atoms with Crippen molar-refractivity contribution < 1.29 is 23.4 Å². The molecule has 2 fully saturated rings. The van der Waals surface area contributed by atoms with E-state index in [1.807, 2.05) is 25.5 Å². The Balaban J connectivity index is 1.64. The number of aromatic nitrogens is 4. The highest BCUT2D eigenvalue weighted by molar-refractivity contribution is 14.1. The van der Waals surface area contributed by atoms with E-state index in [0.717, 1.165) is 58.4 Å². The molecule has 2 aliphatic rings. The van der Waals surface area contributed by atoms with Crippen LogP contribution in [0.4, 0.5) is 10.6 Å². The molecule has 0 saturated carbocycles. The highest BCUT2D eigenvalue weighted by Crippen LogP contribution is 2.44. The number of hydrogen-bond acceptors (Lipinski definition) is 9. The predicted octanol–water partition coefficient (Wildman–Crippen LogP) is 7.95. The number of carbonyl (C=O) groups is 1. The Morgan fingerprint density at radius 2 is 1.69 bits per heavy atom. The molecule has 0 radical (unpaired) electrons. The number of fused-ring (bicyclic) bond motifs is 1. The van der Waals surface area contributed by atoms with Crippen molar-refractivity contribution in [2.45, 2.75) is 142 Å². The molecule has 48 heavy (non-hydrogen) atoms. The van der Waals surface area contributed by atoms with E-state index >= 15 is 0 Å². The van der Waals surface area contributed by atoms with Crippen molar-refractivity contribution >= 4 is 62.1 Å². The third kappa shape index (κ3) is 9.11. The Morgan fingerprint density at radius 1 is 1.06 bits per heavy atom. The zero-order valence-electron chi connectivity index (χ0n) is 31.5. The molecule has 4 rings (SSSR count). The van der Waals surface area contributed by atoms with Gasteiger partial charge in [0.25, 0.3) is 0 Å². The zero-order valence-corrected chi connectivity index (χ0v) is 35.7. The number of carbonyl (C=O) groups excluding carboxylic acids is 1. The molecule has 14 heteroatoms. The van der Waals surface area contributed by atoms with Crippen LogP contribution in [0, 0.1) is 9.12 Å². The molecule has 4 heterocycles. The molecule has 272 valence electrons. The summed E-state index contributed by atoms with van der Waals surface area (Å²) in [5.41, 5.74) is 3.05. The summed E-state index contributed by atoms with van der Waals surface area (Å²) in [6.07, 6.45) is 1.32. The Bertz CT molecular complexity index is 1380. The lowest BCUT2D eigenvalue weighted by molar-refractivity contribution is 0.0455. The first-order valence-corrected chi connectivity index (χ1v) is 24.7. The Morgan fingerprint density at radius 3 is 2.25 bits per heavy atom. The maximum Gasteiger partial charge on any atom is 0.407 e. The standard InChI is InChI=1S/C34H61IN6O5Si2/c1-23(2)48(24(3)4,25(5)6)45-19-26-30(38-31-28(36-26)29(35)39-41(31)22-43-17-18-47(10,11)12)40-15-13-34(14-16-40)21-44-20-27(34)37-32(42)46-33(7,8)9/h23-25,27H,13-22H2,1-12H3,(H,37,42)/t27-/m1/s1. The lowest BCUT2D eigenvalue weighted by atomic mass is 9.74. The molecule has 2 saturated heterocycles. The fraction of sp³-hybridized carbons (Fsp3) is 0.824. The Labute approximate surface area is 304 Å². The number of amides is 1. The number of hydrogen-bond donors (Lipinski definition) is 1. The van der Waals surface area contributed by atoms with Crippen LogP contribution in [0.25, 0.3) is 11.2 Å². The molecule has 1 atom stereocenters. The minimum atomic E-state index is -2.16. The van der Waals surface area contributed by atoms with Gasteiger partial charge in [0.05, 0.1) is 25.9 Å². The molecule has 11 nitrogen and oxygen atoms in total. The summed E-state index contributed by atoms with van der Waals surface area (Å²) in [4.78, 5) is 25.6. The molecule has 1 N–H and O–H groups in total. The number of ether oxygens (including phenoxy) is 3. The van der Waals surface area contributed by atoms with Crippen LogP contribution in [-0.4, -0.2) is 86.8 Å². The lowest BCUT2D eigenvalue weighted by Gasteiger charge is -2.43. The average molecular weight is 817 g/mol. The minimum Gasteiger partial charge on any atom is -0.444 e. The van der Waals surface area contributed by atoms with Gasteiger partial charge in [-0.2, -0.15) is 5.10 Å². The van der Waals surface area contributed by atoms with Crippen LogP contribution in [-0.2, 0) is 32.0 Å². The highest BCUT2D eigenvalue weighted by Gasteiger charge is 2.48. The second-order valence-electron chi connectivity index (χ2n) is 17.0. The van der Waals surface area contributed by atoms with E-state index in [2.05, 4.69) is 94.0 Å². The molecule has 1 amide bonds. The van der Waals surface area contributed by atoms with Crippen molar-refractivity contribution in [3.63, 3.8) is 0 Å². The number of piperidine rings is 1. The zero-order chi connectivity index (χ0) is 35.7. The summed E-state index contributed by atoms with van der Waals surface area (Å²) in [7, 11) is -3.37. The first kappa shape index (κ1) is 39.4. The summed E-state index contributed by atoms with van der Waals surface area (Å²) in [6.45, 7) is 30.7. The van der Waals surface area contributed by atoms with Crippen LogP contribution >= 0.6 is 22.6 Å². The van der Waals surface area contributed by atoms with Gasteiger partial charge in [-0.25, -0.2) is 19.4 Å². The van der Waals surface area contributed by atoms with Gasteiger partial charge in [-0.15, -0.1) is 0 Å². The van der Waals surface area contributed by atoms with E-state index in [1.54, 1.807) is 0 Å². The van der Waals surface area contributed by atoms with Crippen LogP contribution in [0.1, 0.15) is 80.8 Å². The van der Waals surface area contributed by atoms with Crippen LogP contribution in [0.2, 0.25) is 42.3 Å². The Hall–Kier alpha value is -1.34. The number of anilines is 1. The minimum absolute atomic E-state index is 0.100. The van der Waals surface area contributed by atoms with E-state index in [0.29, 0.717) is 49.8 Å². The van der Waals surface area contributed by atoms with Crippen molar-refractivity contribution in [2.24, 2.45) is 5.41 Å². The summed E-state index contributed by atoms with van der Waals surface area (Å²) >= 11 is 2.27. The van der Waals surface area contributed by atoms with E-state index in [9.17, 15) is 4.79 Å². The molecular formula is C34H61IN6O5Si2. The molecule has 2 aromatic heterocycles. The maximum atomic E-state index is 12.7. The molecule has 0 aromatic carbocycles. The number of alkyl carbamates (subject to hydrolysis) is 1. The van der Waals surface area contributed by atoms with Crippen LogP contribution in [0.5, 0.6) is 0 Å². The molecule has 0 bridgehead atoms. The van der Waals surface area contributed by atoms with Gasteiger partial charge in [0, 0.05) is 33.2 Å². The number of nitrogens with zero attached hydrogens (tertiary/aromatic N) is 5. The fourth-order valence-corrected chi connectivity index (χ4v) is 14.4. The third-order valence-corrected chi connectivity index (χ3v) is 18.6. The van der Waals surface area contributed by atoms with Gasteiger partial charge in [0.15, 0.2) is 15.2 Å². The average Bonchev–Trinajstić information content (AvgIpc) is 3.48. The first-order valence-electron chi connectivity index (χ1n) is 17.7. The summed E-state index contributed by atoms with van der Waals surface area (Å²) in [6, 6.07) is 0.995. The predicted molar refractivity (Wildman–Crippen MR) is 206 cm³/mol. The van der Waals surface area contributed by atoms with Crippen LogP contribution in [0.3, 0.4) is 0 Å². The second kappa shape index (κ2) is 15.5. The molecule has 0 unspecified atom stereocenters. The highest BCUT2D eigenvalue weighted by atomic mass is 127. The molecule has 2 aliphatic heterocycles. The molecule has 0 aliphatic carbocycles. The van der Waals surface area contributed by atoms with E-state index in [-0.39, 0.29) is 11.5 Å². The van der Waals surface area contributed by atoms with Gasteiger partial charge in [-0.3, -0.25) is 0 Å². The number of rotatable bonds is 13. The maximum absolute atomic E-state index is 12.7. The van der Waals surface area contributed by atoms with E-state index < -0.39 is 28.1 Å². The molecule has 2 aromatic rings. The largest absolute Gasteiger partial charge is 0.444 e. The van der Waals surface area contributed by atoms with Gasteiger partial charge in [-0.1, -0.05) is 61.2 Å². The van der Waals surface area contributed by atoms with Crippen molar-refractivity contribution in [1.82, 2.24) is 25.1 Å². The Kier molecular flexibility index (Phi) is 12.7. The number of halogens is 1. The van der Waals surface area contributed by atoms with Gasteiger partial charge in [0.2, 0.25) is 8.32 Å². The SMILES string of the molecule is CC(C)[Si](OCc1nc2c(I)nn(COCC[Si](C)(C)C)c2nc1N1CCC2(CC1)COC[C@H]2NC(=O)OC(C)(C)C)(C(C)C)C(C)C. The smallest absolute Gasteiger partial charge is 0.407 e.